The lowest BCUT2D eigenvalue weighted by Crippen LogP contribution is -2.22. The molecule has 114 valence electrons. The molecule has 0 spiro atoms. The molecule has 1 aromatic carbocycles. The highest BCUT2D eigenvalue weighted by Crippen LogP contribution is 2.26. The van der Waals surface area contributed by atoms with Gasteiger partial charge in [0.15, 0.2) is 0 Å². The van der Waals surface area contributed by atoms with Gasteiger partial charge in [0.2, 0.25) is 0 Å². The monoisotopic (exact) mass is 299 g/mol. The zero-order valence-electron chi connectivity index (χ0n) is 12.5. The van der Waals surface area contributed by atoms with Gasteiger partial charge in [-0.3, -0.25) is 0 Å². The minimum atomic E-state index is 0.278. The average Bonchev–Trinajstić information content (AvgIpc) is 2.41. The molecule has 20 heavy (non-hydrogen) atoms. The van der Waals surface area contributed by atoms with Crippen molar-refractivity contribution in [2.75, 3.05) is 13.2 Å². The van der Waals surface area contributed by atoms with E-state index in [-0.39, 0.29) is 6.61 Å². The number of halogens is 1. The van der Waals surface area contributed by atoms with Crippen LogP contribution in [0.5, 0.6) is 5.75 Å². The van der Waals surface area contributed by atoms with Gasteiger partial charge in [-0.15, -0.1) is 0 Å². The first-order valence-electron chi connectivity index (χ1n) is 7.39. The van der Waals surface area contributed by atoms with E-state index in [0.29, 0.717) is 12.6 Å². The number of rotatable bonds is 10. The first kappa shape index (κ1) is 17.3. The van der Waals surface area contributed by atoms with E-state index in [0.717, 1.165) is 48.6 Å². The van der Waals surface area contributed by atoms with Crippen LogP contribution in [0.15, 0.2) is 18.2 Å². The molecule has 0 unspecified atom stereocenters. The van der Waals surface area contributed by atoms with Crippen LogP contribution in [-0.2, 0) is 6.54 Å². The third-order valence-electron chi connectivity index (χ3n) is 3.07. The van der Waals surface area contributed by atoms with Crippen molar-refractivity contribution in [3.8, 4) is 5.75 Å². The number of ether oxygens (including phenoxy) is 1. The Morgan fingerprint density at radius 3 is 2.65 bits per heavy atom. The first-order chi connectivity index (χ1) is 9.65. The van der Waals surface area contributed by atoms with E-state index in [9.17, 15) is 0 Å². The second kappa shape index (κ2) is 10.0. The van der Waals surface area contributed by atoms with E-state index in [2.05, 4.69) is 19.2 Å². The molecular formula is C16H26ClNO2. The molecule has 0 heterocycles. The number of unbranched alkanes of at least 4 members (excludes halogenated alkanes) is 3. The van der Waals surface area contributed by atoms with Crippen molar-refractivity contribution in [2.24, 2.45) is 0 Å². The molecule has 0 radical (unpaired) electrons. The molecule has 3 nitrogen and oxygen atoms in total. The average molecular weight is 300 g/mol. The maximum Gasteiger partial charge on any atom is 0.125 e. The Bertz CT molecular complexity index is 383. The van der Waals surface area contributed by atoms with Gasteiger partial charge in [0.1, 0.15) is 5.75 Å². The molecule has 0 saturated carbocycles. The lowest BCUT2D eigenvalue weighted by atomic mass is 10.2. The highest BCUT2D eigenvalue weighted by Gasteiger charge is 2.08. The van der Waals surface area contributed by atoms with E-state index >= 15 is 0 Å². The quantitative estimate of drug-likeness (QED) is 0.646. The number of nitrogens with one attached hydrogen (secondary N) is 1. The predicted octanol–water partition coefficient (Wildman–Crippen LogP) is 3.77. The highest BCUT2D eigenvalue weighted by molar-refractivity contribution is 6.31. The summed E-state index contributed by atoms with van der Waals surface area (Å²) in [6.07, 6.45) is 4.02. The molecule has 2 N–H and O–H groups in total. The summed E-state index contributed by atoms with van der Waals surface area (Å²) in [6.45, 7) is 5.91. The van der Waals surface area contributed by atoms with E-state index in [1.54, 1.807) is 0 Å². The molecule has 0 aliphatic heterocycles. The van der Waals surface area contributed by atoms with Gasteiger partial charge in [-0.2, -0.15) is 0 Å². The third-order valence-corrected chi connectivity index (χ3v) is 3.43. The Morgan fingerprint density at radius 2 is 1.95 bits per heavy atom. The molecule has 0 aromatic heterocycles. The van der Waals surface area contributed by atoms with Crippen molar-refractivity contribution in [3.05, 3.63) is 28.8 Å². The topological polar surface area (TPSA) is 41.5 Å². The number of hydrogen-bond donors (Lipinski definition) is 2. The summed E-state index contributed by atoms with van der Waals surface area (Å²) in [4.78, 5) is 0. The number of hydrogen-bond acceptors (Lipinski definition) is 3. The smallest absolute Gasteiger partial charge is 0.125 e. The van der Waals surface area contributed by atoms with Crippen molar-refractivity contribution in [1.29, 1.82) is 0 Å². The standard InChI is InChI=1S/C16H26ClNO2/c1-13(2)18-12-14-15(17)8-7-9-16(14)20-11-6-4-3-5-10-19/h7-9,13,18-19H,3-6,10-12H2,1-2H3. The van der Waals surface area contributed by atoms with Gasteiger partial charge in [0, 0.05) is 29.8 Å². The van der Waals surface area contributed by atoms with Gasteiger partial charge in [0.05, 0.1) is 6.61 Å². The number of aliphatic hydroxyl groups is 1. The van der Waals surface area contributed by atoms with E-state index in [4.69, 9.17) is 21.4 Å². The fourth-order valence-corrected chi connectivity index (χ4v) is 2.13. The zero-order chi connectivity index (χ0) is 14.8. The Kier molecular flexibility index (Phi) is 8.67. The highest BCUT2D eigenvalue weighted by atomic mass is 35.5. The van der Waals surface area contributed by atoms with Crippen LogP contribution in [0.25, 0.3) is 0 Å². The molecule has 0 aliphatic carbocycles. The largest absolute Gasteiger partial charge is 0.493 e. The van der Waals surface area contributed by atoms with Crippen LogP contribution in [0.1, 0.15) is 45.1 Å². The lowest BCUT2D eigenvalue weighted by molar-refractivity contribution is 0.272. The zero-order valence-corrected chi connectivity index (χ0v) is 13.2. The van der Waals surface area contributed by atoms with Crippen LogP contribution in [0.2, 0.25) is 5.02 Å². The van der Waals surface area contributed by atoms with Gasteiger partial charge in [-0.1, -0.05) is 37.9 Å². The second-order valence-corrected chi connectivity index (χ2v) is 5.65. The Morgan fingerprint density at radius 1 is 1.20 bits per heavy atom. The first-order valence-corrected chi connectivity index (χ1v) is 7.77. The maximum absolute atomic E-state index is 8.72. The van der Waals surface area contributed by atoms with Crippen LogP contribution in [0, 0.1) is 0 Å². The normalized spacial score (nSPS) is 11.1. The molecule has 0 saturated heterocycles. The van der Waals surface area contributed by atoms with Crippen LogP contribution >= 0.6 is 11.6 Å². The van der Waals surface area contributed by atoms with Crippen molar-refractivity contribution in [2.45, 2.75) is 52.1 Å². The molecule has 0 atom stereocenters. The van der Waals surface area contributed by atoms with Gasteiger partial charge in [-0.25, -0.2) is 0 Å². The minimum Gasteiger partial charge on any atom is -0.493 e. The summed E-state index contributed by atoms with van der Waals surface area (Å²) in [5, 5.41) is 12.8. The summed E-state index contributed by atoms with van der Waals surface area (Å²) in [5.74, 6) is 0.868. The molecule has 1 aromatic rings. The van der Waals surface area contributed by atoms with Crippen LogP contribution < -0.4 is 10.1 Å². The Hall–Kier alpha value is -0.770. The number of aliphatic hydroxyl groups excluding tert-OH is 1. The van der Waals surface area contributed by atoms with Crippen molar-refractivity contribution in [3.63, 3.8) is 0 Å². The molecule has 0 fully saturated rings. The van der Waals surface area contributed by atoms with Crippen LogP contribution in [-0.4, -0.2) is 24.4 Å². The van der Waals surface area contributed by atoms with Crippen LogP contribution in [0.4, 0.5) is 0 Å². The third kappa shape index (κ3) is 6.60. The van der Waals surface area contributed by atoms with Crippen molar-refractivity contribution < 1.29 is 9.84 Å². The predicted molar refractivity (Wildman–Crippen MR) is 84.5 cm³/mol. The molecular weight excluding hydrogens is 274 g/mol. The lowest BCUT2D eigenvalue weighted by Gasteiger charge is -2.15. The molecule has 4 heteroatoms. The summed E-state index contributed by atoms with van der Waals surface area (Å²) >= 11 is 6.25. The fourth-order valence-electron chi connectivity index (χ4n) is 1.90. The van der Waals surface area contributed by atoms with E-state index in [1.165, 1.54) is 0 Å². The summed E-state index contributed by atoms with van der Waals surface area (Å²) in [5.41, 5.74) is 1.03. The van der Waals surface area contributed by atoms with Gasteiger partial charge in [0.25, 0.3) is 0 Å². The second-order valence-electron chi connectivity index (χ2n) is 5.24. The van der Waals surface area contributed by atoms with Crippen molar-refractivity contribution in [1.82, 2.24) is 5.32 Å². The SMILES string of the molecule is CC(C)NCc1c(Cl)cccc1OCCCCCCO. The van der Waals surface area contributed by atoms with E-state index in [1.807, 2.05) is 18.2 Å². The summed E-state index contributed by atoms with van der Waals surface area (Å²) in [7, 11) is 0. The maximum atomic E-state index is 8.72. The summed E-state index contributed by atoms with van der Waals surface area (Å²) in [6, 6.07) is 6.20. The fraction of sp³-hybridized carbons (Fsp3) is 0.625. The van der Waals surface area contributed by atoms with E-state index < -0.39 is 0 Å². The number of benzene rings is 1. The summed E-state index contributed by atoms with van der Waals surface area (Å²) < 4.78 is 5.84. The van der Waals surface area contributed by atoms with Gasteiger partial charge >= 0.3 is 0 Å². The molecule has 0 amide bonds. The molecule has 0 bridgehead atoms. The Balaban J connectivity index is 2.45. The van der Waals surface area contributed by atoms with Crippen LogP contribution in [0.3, 0.4) is 0 Å². The Labute approximate surface area is 127 Å². The minimum absolute atomic E-state index is 0.278. The van der Waals surface area contributed by atoms with Crippen molar-refractivity contribution >= 4 is 11.6 Å². The molecule has 0 aliphatic rings. The molecule has 1 rings (SSSR count). The van der Waals surface area contributed by atoms with Gasteiger partial charge < -0.3 is 15.2 Å². The van der Waals surface area contributed by atoms with Gasteiger partial charge in [-0.05, 0) is 31.4 Å².